The predicted octanol–water partition coefficient (Wildman–Crippen LogP) is 4.15. The first-order chi connectivity index (χ1) is 12.7. The van der Waals surface area contributed by atoms with Gasteiger partial charge in [-0.1, -0.05) is 31.1 Å². The number of hydrogen-bond donors (Lipinski definition) is 0. The van der Waals surface area contributed by atoms with Crippen LogP contribution in [-0.2, 0) is 4.74 Å². The van der Waals surface area contributed by atoms with Gasteiger partial charge in [-0.25, -0.2) is 0 Å². The van der Waals surface area contributed by atoms with Gasteiger partial charge in [-0.3, -0.25) is 4.90 Å². The summed E-state index contributed by atoms with van der Waals surface area (Å²) in [6, 6.07) is 5.27. The predicted molar refractivity (Wildman–Crippen MR) is 110 cm³/mol. The lowest BCUT2D eigenvalue weighted by Crippen LogP contribution is -2.37. The lowest BCUT2D eigenvalue weighted by molar-refractivity contribution is 0.0443. The molecule has 1 aliphatic heterocycles. The molecule has 1 saturated carbocycles. The molecule has 26 heavy (non-hydrogen) atoms. The van der Waals surface area contributed by atoms with Crippen LogP contribution < -0.4 is 4.90 Å². The van der Waals surface area contributed by atoms with E-state index in [0.717, 1.165) is 45.0 Å². The van der Waals surface area contributed by atoms with Gasteiger partial charge in [0.15, 0.2) is 0 Å². The number of morpholine rings is 1. The summed E-state index contributed by atoms with van der Waals surface area (Å²) >= 11 is 0. The fourth-order valence-corrected chi connectivity index (χ4v) is 4.24. The molecule has 1 aromatic rings. The van der Waals surface area contributed by atoms with Crippen molar-refractivity contribution >= 4 is 5.69 Å². The van der Waals surface area contributed by atoms with Gasteiger partial charge in [-0.15, -0.1) is 0 Å². The second kappa shape index (κ2) is 9.44. The molecule has 1 aliphatic carbocycles. The van der Waals surface area contributed by atoms with E-state index in [2.05, 4.69) is 54.5 Å². The highest BCUT2D eigenvalue weighted by atomic mass is 16.5. The zero-order chi connectivity index (χ0) is 18.4. The Kier molecular flexibility index (Phi) is 7.00. The molecule has 0 N–H and O–H groups in total. The molecule has 1 heterocycles. The van der Waals surface area contributed by atoms with Gasteiger partial charge in [0.05, 0.1) is 19.8 Å². The van der Waals surface area contributed by atoms with Gasteiger partial charge >= 0.3 is 0 Å². The van der Waals surface area contributed by atoms with E-state index in [9.17, 15) is 0 Å². The van der Waals surface area contributed by atoms with Crippen molar-refractivity contribution in [1.82, 2.24) is 4.90 Å². The smallest absolute Gasteiger partial charge is 0.0606 e. The van der Waals surface area contributed by atoms with Crippen LogP contribution in [-0.4, -0.2) is 50.3 Å². The van der Waals surface area contributed by atoms with Crippen LogP contribution in [0.1, 0.15) is 55.7 Å². The molecule has 142 valence electrons. The first-order valence-electron chi connectivity index (χ1n) is 10.4. The van der Waals surface area contributed by atoms with Crippen LogP contribution in [0.4, 0.5) is 5.69 Å². The second-order valence-electron chi connectivity index (χ2n) is 7.71. The fraction of sp³-hybridized carbons (Fsp3) is 0.652. The molecule has 1 saturated heterocycles. The van der Waals surface area contributed by atoms with E-state index in [0.29, 0.717) is 6.04 Å². The summed E-state index contributed by atoms with van der Waals surface area (Å²) in [6.45, 7) is 12.4. The molecule has 0 aromatic heterocycles. The van der Waals surface area contributed by atoms with Crippen molar-refractivity contribution in [1.29, 1.82) is 0 Å². The Morgan fingerprint density at radius 1 is 1.12 bits per heavy atom. The Balaban J connectivity index is 1.77. The Labute approximate surface area is 159 Å². The first kappa shape index (κ1) is 19.3. The zero-order valence-electron chi connectivity index (χ0n) is 16.8. The highest BCUT2D eigenvalue weighted by molar-refractivity contribution is 5.61. The van der Waals surface area contributed by atoms with E-state index < -0.39 is 0 Å². The van der Waals surface area contributed by atoms with Gasteiger partial charge in [-0.05, 0) is 56.9 Å². The van der Waals surface area contributed by atoms with Crippen LogP contribution in [0.25, 0.3) is 0 Å². The van der Waals surface area contributed by atoms with E-state index in [-0.39, 0.29) is 0 Å². The Morgan fingerprint density at radius 3 is 2.54 bits per heavy atom. The average Bonchev–Trinajstić information content (AvgIpc) is 2.68. The van der Waals surface area contributed by atoms with Gasteiger partial charge in [-0.2, -0.15) is 0 Å². The van der Waals surface area contributed by atoms with Gasteiger partial charge in [0.2, 0.25) is 0 Å². The third-order valence-electron chi connectivity index (χ3n) is 5.94. The number of aryl methyl sites for hydroxylation is 1. The van der Waals surface area contributed by atoms with Crippen LogP contribution in [0.5, 0.6) is 0 Å². The SMILES string of the molecule is CCN(c1cc(C#CCN2CCOCC2)cc(C)c1C)C1CCCCC1. The second-order valence-corrected chi connectivity index (χ2v) is 7.71. The number of hydrogen-bond acceptors (Lipinski definition) is 3. The Hall–Kier alpha value is -1.50. The van der Waals surface area contributed by atoms with Gasteiger partial charge < -0.3 is 9.64 Å². The molecule has 0 spiro atoms. The van der Waals surface area contributed by atoms with E-state index >= 15 is 0 Å². The van der Waals surface area contributed by atoms with Gasteiger partial charge in [0.25, 0.3) is 0 Å². The van der Waals surface area contributed by atoms with Crippen LogP contribution in [0.2, 0.25) is 0 Å². The minimum atomic E-state index is 0.698. The summed E-state index contributed by atoms with van der Waals surface area (Å²) in [5, 5.41) is 0. The maximum atomic E-state index is 5.41. The minimum Gasteiger partial charge on any atom is -0.379 e. The normalized spacial score (nSPS) is 19.0. The minimum absolute atomic E-state index is 0.698. The molecule has 3 rings (SSSR count). The quantitative estimate of drug-likeness (QED) is 0.756. The standard InChI is InChI=1S/C23H34N2O/c1-4-25(22-10-6-5-7-11-22)23-18-21(17-19(2)20(23)3)9-8-12-24-13-15-26-16-14-24/h17-18,22H,4-7,10-16H2,1-3H3. The Bertz CT molecular complexity index is 646. The van der Waals surface area contributed by atoms with E-state index in [4.69, 9.17) is 4.74 Å². The summed E-state index contributed by atoms with van der Waals surface area (Å²) in [5.74, 6) is 6.81. The van der Waals surface area contributed by atoms with E-state index in [1.165, 1.54) is 48.9 Å². The van der Waals surface area contributed by atoms with E-state index in [1.54, 1.807) is 0 Å². The molecule has 3 nitrogen and oxygen atoms in total. The van der Waals surface area contributed by atoms with Crippen molar-refractivity contribution in [2.45, 2.75) is 58.9 Å². The molecule has 1 aromatic carbocycles. The third kappa shape index (κ3) is 4.81. The number of anilines is 1. The first-order valence-corrected chi connectivity index (χ1v) is 10.4. The molecule has 0 atom stereocenters. The van der Waals surface area contributed by atoms with Crippen molar-refractivity contribution in [3.63, 3.8) is 0 Å². The molecule has 0 amide bonds. The number of benzene rings is 1. The molecule has 3 heteroatoms. The molecule has 2 fully saturated rings. The topological polar surface area (TPSA) is 15.7 Å². The van der Waals surface area contributed by atoms with Crippen LogP contribution >= 0.6 is 0 Å². The lowest BCUT2D eigenvalue weighted by Gasteiger charge is -2.36. The van der Waals surface area contributed by atoms with Crippen molar-refractivity contribution in [2.75, 3.05) is 44.3 Å². The summed E-state index contributed by atoms with van der Waals surface area (Å²) in [6.07, 6.45) is 6.81. The van der Waals surface area contributed by atoms with Crippen LogP contribution in [0, 0.1) is 25.7 Å². The van der Waals surface area contributed by atoms with E-state index in [1.807, 2.05) is 0 Å². The molecule has 0 bridgehead atoms. The lowest BCUT2D eigenvalue weighted by atomic mass is 9.92. The van der Waals surface area contributed by atoms with Crippen molar-refractivity contribution < 1.29 is 4.74 Å². The summed E-state index contributed by atoms with van der Waals surface area (Å²) < 4.78 is 5.41. The maximum Gasteiger partial charge on any atom is 0.0606 e. The molecule has 0 unspecified atom stereocenters. The highest BCUT2D eigenvalue weighted by Gasteiger charge is 2.22. The van der Waals surface area contributed by atoms with Crippen LogP contribution in [0.15, 0.2) is 12.1 Å². The monoisotopic (exact) mass is 354 g/mol. The number of rotatable bonds is 4. The third-order valence-corrected chi connectivity index (χ3v) is 5.94. The number of nitrogens with zero attached hydrogens (tertiary/aromatic N) is 2. The van der Waals surface area contributed by atoms with Gasteiger partial charge in [0, 0.05) is 36.9 Å². The molecule has 0 radical (unpaired) electrons. The zero-order valence-corrected chi connectivity index (χ0v) is 16.8. The molecular weight excluding hydrogens is 320 g/mol. The summed E-state index contributed by atoms with van der Waals surface area (Å²) in [4.78, 5) is 5.01. The maximum absolute atomic E-state index is 5.41. The van der Waals surface area contributed by atoms with Crippen LogP contribution in [0.3, 0.4) is 0 Å². The highest BCUT2D eigenvalue weighted by Crippen LogP contribution is 2.31. The summed E-state index contributed by atoms with van der Waals surface area (Å²) in [7, 11) is 0. The summed E-state index contributed by atoms with van der Waals surface area (Å²) in [5.41, 5.74) is 5.32. The molecule has 2 aliphatic rings. The van der Waals surface area contributed by atoms with Crippen molar-refractivity contribution in [3.8, 4) is 11.8 Å². The fourth-order valence-electron chi connectivity index (χ4n) is 4.24. The van der Waals surface area contributed by atoms with Crippen molar-refractivity contribution in [3.05, 3.63) is 28.8 Å². The molecular formula is C23H34N2O. The van der Waals surface area contributed by atoms with Crippen molar-refractivity contribution in [2.24, 2.45) is 0 Å². The Morgan fingerprint density at radius 2 is 1.85 bits per heavy atom. The average molecular weight is 355 g/mol. The van der Waals surface area contributed by atoms with Gasteiger partial charge in [0.1, 0.15) is 0 Å². The largest absolute Gasteiger partial charge is 0.379 e. The number of ether oxygens (including phenoxy) is 1.